The summed E-state index contributed by atoms with van der Waals surface area (Å²) in [6.45, 7) is 0. The zero-order chi connectivity index (χ0) is 35.6. The molecule has 2 N–H and O–H groups in total. The lowest BCUT2D eigenvalue weighted by atomic mass is 9.92. The van der Waals surface area contributed by atoms with Crippen molar-refractivity contribution >= 4 is 81.2 Å². The second-order valence-electron chi connectivity index (χ2n) is 12.4. The van der Waals surface area contributed by atoms with Crippen molar-refractivity contribution in [2.45, 2.75) is 0 Å². The lowest BCUT2D eigenvalue weighted by Gasteiger charge is -2.28. The lowest BCUT2D eigenvalue weighted by Crippen LogP contribution is -2.26. The molecule has 0 heterocycles. The summed E-state index contributed by atoms with van der Waals surface area (Å²) in [5, 5.41) is 30.6. The van der Waals surface area contributed by atoms with Crippen molar-refractivity contribution in [1.29, 1.82) is 0 Å². The van der Waals surface area contributed by atoms with Gasteiger partial charge >= 0.3 is 11.9 Å². The van der Waals surface area contributed by atoms with Gasteiger partial charge in [-0.3, -0.25) is 0 Å². The Morgan fingerprint density at radius 1 is 0.365 bits per heavy atom. The van der Waals surface area contributed by atoms with E-state index < -0.39 is 27.8 Å². The van der Waals surface area contributed by atoms with Crippen molar-refractivity contribution < 1.29 is 19.8 Å². The highest BCUT2D eigenvalue weighted by atomic mass is 31.1. The number of carboxylic acids is 2. The van der Waals surface area contributed by atoms with E-state index in [0.717, 1.165) is 43.3 Å². The summed E-state index contributed by atoms with van der Waals surface area (Å²) >= 11 is 0. The molecule has 0 atom stereocenters. The highest BCUT2D eigenvalue weighted by Crippen LogP contribution is 2.46. The van der Waals surface area contributed by atoms with Crippen LogP contribution in [0.2, 0.25) is 0 Å². The number of rotatable bonds is 9. The van der Waals surface area contributed by atoms with Crippen LogP contribution in [0.3, 0.4) is 0 Å². The molecular weight excluding hydrogens is 678 g/mol. The fraction of sp³-hybridized carbons (Fsp3) is 0. The standard InChI is InChI=1S/C46H32O4P2/c47-45(48)33-21-25-39-31(29-33)23-27-41(51(35-13-5-1-6-14-35)36-15-7-2-8-16-36)43(39)44-40-26-22-34(46(49)50)30-32(40)24-28-42(44)52(37-17-9-3-10-18-37)38-19-11-4-12-20-38/h1-30H,(H,47,48)(H,49,50). The summed E-state index contributed by atoms with van der Waals surface area (Å²) in [7, 11) is -2.20. The van der Waals surface area contributed by atoms with Crippen LogP contribution >= 0.6 is 15.8 Å². The second kappa shape index (κ2) is 14.4. The molecule has 8 rings (SSSR count). The fourth-order valence-electron chi connectivity index (χ4n) is 6.96. The van der Waals surface area contributed by atoms with E-state index in [1.165, 1.54) is 21.2 Å². The average Bonchev–Trinajstić information content (AvgIpc) is 3.19. The van der Waals surface area contributed by atoms with Crippen molar-refractivity contribution in [1.82, 2.24) is 0 Å². The Balaban J connectivity index is 1.56. The molecule has 4 nitrogen and oxygen atoms in total. The third kappa shape index (κ3) is 6.29. The molecule has 0 spiro atoms. The summed E-state index contributed by atoms with van der Waals surface area (Å²) in [6.07, 6.45) is 0. The largest absolute Gasteiger partial charge is 0.478 e. The normalized spacial score (nSPS) is 11.3. The van der Waals surface area contributed by atoms with Crippen molar-refractivity contribution in [3.63, 3.8) is 0 Å². The number of hydrogen-bond donors (Lipinski definition) is 2. The predicted octanol–water partition coefficient (Wildman–Crippen LogP) is 8.57. The van der Waals surface area contributed by atoms with Gasteiger partial charge in [-0.05, 0) is 105 Å². The van der Waals surface area contributed by atoms with Gasteiger partial charge in [0, 0.05) is 0 Å². The van der Waals surface area contributed by atoms with Crippen LogP contribution in [0.5, 0.6) is 0 Å². The number of carbonyl (C=O) groups is 2. The third-order valence-electron chi connectivity index (χ3n) is 9.28. The molecule has 8 aromatic carbocycles. The van der Waals surface area contributed by atoms with E-state index in [-0.39, 0.29) is 11.1 Å². The Kier molecular flexibility index (Phi) is 9.18. The molecule has 0 aromatic heterocycles. The number of hydrogen-bond acceptors (Lipinski definition) is 2. The van der Waals surface area contributed by atoms with Gasteiger partial charge in [0.1, 0.15) is 0 Å². The molecule has 0 saturated heterocycles. The Labute approximate surface area is 304 Å². The molecule has 0 fully saturated rings. The highest BCUT2D eigenvalue weighted by molar-refractivity contribution is 7.80. The first-order valence-corrected chi connectivity index (χ1v) is 19.6. The lowest BCUT2D eigenvalue weighted by molar-refractivity contribution is 0.0686. The van der Waals surface area contributed by atoms with Gasteiger partial charge in [0.2, 0.25) is 0 Å². The SMILES string of the molecule is O=C(O)c1ccc2c(-c3c(P(c4ccccc4)c4ccccc4)ccc4cc(C(=O)O)ccc34)c(P(c3ccccc3)c3ccccc3)ccc2c1. The molecule has 52 heavy (non-hydrogen) atoms. The molecule has 0 unspecified atom stereocenters. The van der Waals surface area contributed by atoms with E-state index in [1.807, 2.05) is 48.5 Å². The minimum atomic E-state index is -1.10. The molecule has 6 heteroatoms. The monoisotopic (exact) mass is 710 g/mol. The second-order valence-corrected chi connectivity index (χ2v) is 16.8. The Bertz CT molecular complexity index is 2310. The Morgan fingerprint density at radius 3 is 0.962 bits per heavy atom. The van der Waals surface area contributed by atoms with Gasteiger partial charge in [0.25, 0.3) is 0 Å². The minimum Gasteiger partial charge on any atom is -0.478 e. The van der Waals surface area contributed by atoms with E-state index in [2.05, 4.69) is 109 Å². The zero-order valence-electron chi connectivity index (χ0n) is 27.9. The Morgan fingerprint density at radius 2 is 0.673 bits per heavy atom. The first-order valence-electron chi connectivity index (χ1n) is 16.9. The number of benzene rings is 8. The summed E-state index contributed by atoms with van der Waals surface area (Å²) in [6, 6.07) is 61.5. The summed E-state index contributed by atoms with van der Waals surface area (Å²) in [5.41, 5.74) is 2.49. The molecule has 8 aromatic rings. The van der Waals surface area contributed by atoms with E-state index in [9.17, 15) is 19.8 Å². The first kappa shape index (κ1) is 33.2. The van der Waals surface area contributed by atoms with E-state index >= 15 is 0 Å². The maximum Gasteiger partial charge on any atom is 0.335 e. The van der Waals surface area contributed by atoms with Crippen LogP contribution < -0.4 is 31.8 Å². The van der Waals surface area contributed by atoms with Crippen molar-refractivity contribution in [3.8, 4) is 11.1 Å². The topological polar surface area (TPSA) is 74.6 Å². The predicted molar refractivity (Wildman–Crippen MR) is 218 cm³/mol. The summed E-state index contributed by atoms with van der Waals surface area (Å²) < 4.78 is 0. The fourth-order valence-corrected chi connectivity index (χ4v) is 11.9. The van der Waals surface area contributed by atoms with Crippen LogP contribution in [-0.4, -0.2) is 22.2 Å². The van der Waals surface area contributed by atoms with Crippen LogP contribution in [0, 0.1) is 0 Å². The van der Waals surface area contributed by atoms with Crippen molar-refractivity contribution in [2.75, 3.05) is 0 Å². The molecule has 0 aliphatic heterocycles. The maximum absolute atomic E-state index is 12.2. The van der Waals surface area contributed by atoms with Gasteiger partial charge in [-0.25, -0.2) is 9.59 Å². The molecule has 0 amide bonds. The van der Waals surface area contributed by atoms with Crippen LogP contribution in [0.15, 0.2) is 182 Å². The van der Waals surface area contributed by atoms with Crippen LogP contribution in [0.1, 0.15) is 20.7 Å². The van der Waals surface area contributed by atoms with Gasteiger partial charge in [0.15, 0.2) is 0 Å². The van der Waals surface area contributed by atoms with Crippen molar-refractivity contribution in [3.05, 3.63) is 193 Å². The molecule has 0 radical (unpaired) electrons. The van der Waals surface area contributed by atoms with Crippen LogP contribution in [0.25, 0.3) is 32.7 Å². The average molecular weight is 711 g/mol. The number of carboxylic acid groups (broad SMARTS) is 2. The smallest absolute Gasteiger partial charge is 0.335 e. The molecule has 0 saturated carbocycles. The maximum atomic E-state index is 12.2. The van der Waals surface area contributed by atoms with Gasteiger partial charge in [-0.15, -0.1) is 0 Å². The van der Waals surface area contributed by atoms with Gasteiger partial charge in [0.05, 0.1) is 11.1 Å². The van der Waals surface area contributed by atoms with Gasteiger partial charge in [-0.1, -0.05) is 158 Å². The molecule has 0 bridgehead atoms. The van der Waals surface area contributed by atoms with Crippen LogP contribution in [-0.2, 0) is 0 Å². The van der Waals surface area contributed by atoms with Crippen molar-refractivity contribution in [2.24, 2.45) is 0 Å². The van der Waals surface area contributed by atoms with Crippen LogP contribution in [0.4, 0.5) is 0 Å². The third-order valence-corrected chi connectivity index (χ3v) is 14.2. The van der Waals surface area contributed by atoms with E-state index in [4.69, 9.17) is 0 Å². The molecule has 0 aliphatic carbocycles. The van der Waals surface area contributed by atoms with Gasteiger partial charge < -0.3 is 10.2 Å². The summed E-state index contributed by atoms with van der Waals surface area (Å²) in [5.74, 6) is -1.96. The van der Waals surface area contributed by atoms with E-state index in [0.29, 0.717) is 0 Å². The number of fused-ring (bicyclic) bond motifs is 2. The summed E-state index contributed by atoms with van der Waals surface area (Å²) in [4.78, 5) is 24.4. The van der Waals surface area contributed by atoms with Gasteiger partial charge in [-0.2, -0.15) is 0 Å². The Hall–Kier alpha value is -5.92. The quantitative estimate of drug-likeness (QED) is 0.147. The molecular formula is C46H32O4P2. The zero-order valence-corrected chi connectivity index (χ0v) is 29.7. The molecule has 250 valence electrons. The number of aromatic carboxylic acids is 2. The highest BCUT2D eigenvalue weighted by Gasteiger charge is 2.28. The molecule has 0 aliphatic rings. The van der Waals surface area contributed by atoms with E-state index in [1.54, 1.807) is 24.3 Å². The first-order chi connectivity index (χ1) is 25.5. The minimum absolute atomic E-state index is 0.222.